The fraction of sp³-hybridized carbons (Fsp3) is 0.450. The van der Waals surface area contributed by atoms with E-state index in [1.165, 1.54) is 12.1 Å². The highest BCUT2D eigenvalue weighted by Gasteiger charge is 2.47. The molecule has 3 aliphatic heterocycles. The van der Waals surface area contributed by atoms with Crippen molar-refractivity contribution in [1.29, 1.82) is 0 Å². The van der Waals surface area contributed by atoms with E-state index in [1.54, 1.807) is 22.6 Å². The average molecular weight is 414 g/mol. The molecule has 1 aromatic heterocycles. The Morgan fingerprint density at radius 3 is 2.07 bits per heavy atom. The lowest BCUT2D eigenvalue weighted by atomic mass is 10.00. The number of nitrogens with zero attached hydrogens (tertiary/aromatic N) is 4. The smallest absolute Gasteiger partial charge is 0.243 e. The van der Waals surface area contributed by atoms with Crippen molar-refractivity contribution in [2.45, 2.75) is 61.5 Å². The number of fused-ring (bicyclic) bond motifs is 2. The summed E-state index contributed by atoms with van der Waals surface area (Å²) in [6.07, 6.45) is 7.32. The molecule has 3 fully saturated rings. The summed E-state index contributed by atoms with van der Waals surface area (Å²) >= 11 is 0. The molecule has 152 valence electrons. The van der Waals surface area contributed by atoms with Gasteiger partial charge in [-0.25, -0.2) is 8.42 Å². The molecule has 4 heterocycles. The maximum Gasteiger partial charge on any atom is 0.243 e. The Morgan fingerprint density at radius 1 is 0.897 bits per heavy atom. The van der Waals surface area contributed by atoms with Crippen LogP contribution in [0.3, 0.4) is 0 Å². The Kier molecular flexibility index (Phi) is 4.32. The van der Waals surface area contributed by atoms with E-state index in [4.69, 9.17) is 0 Å². The Hall–Kier alpha value is -2.52. The number of piperidine rings is 1. The monoisotopic (exact) mass is 414 g/mol. The van der Waals surface area contributed by atoms with Crippen molar-refractivity contribution in [3.05, 3.63) is 42.7 Å². The van der Waals surface area contributed by atoms with Crippen LogP contribution in [0.25, 0.3) is 0 Å². The van der Waals surface area contributed by atoms with E-state index in [2.05, 4.69) is 5.10 Å². The Labute approximate surface area is 169 Å². The number of rotatable bonds is 4. The molecule has 1 aromatic carbocycles. The van der Waals surface area contributed by atoms with E-state index in [0.29, 0.717) is 5.69 Å². The van der Waals surface area contributed by atoms with Crippen molar-refractivity contribution in [2.75, 3.05) is 4.90 Å². The summed E-state index contributed by atoms with van der Waals surface area (Å²) in [5.41, 5.74) is 0.428. The Bertz CT molecular complexity index is 1020. The number of hydrogen-bond donors (Lipinski definition) is 0. The lowest BCUT2D eigenvalue weighted by molar-refractivity contribution is -0.121. The van der Waals surface area contributed by atoms with Crippen LogP contribution < -0.4 is 4.90 Å². The van der Waals surface area contributed by atoms with Crippen LogP contribution in [-0.4, -0.2) is 46.4 Å². The van der Waals surface area contributed by atoms with Crippen molar-refractivity contribution >= 4 is 27.5 Å². The third-order valence-electron chi connectivity index (χ3n) is 6.26. The number of sulfonamides is 1. The van der Waals surface area contributed by atoms with Gasteiger partial charge in [-0.05, 0) is 56.0 Å². The number of amides is 2. The third kappa shape index (κ3) is 3.00. The fourth-order valence-electron chi connectivity index (χ4n) is 4.96. The van der Waals surface area contributed by atoms with E-state index in [0.717, 1.165) is 30.6 Å². The minimum atomic E-state index is -3.64. The first-order valence-electron chi connectivity index (χ1n) is 9.93. The lowest BCUT2D eigenvalue weighted by Gasteiger charge is -2.38. The van der Waals surface area contributed by atoms with Crippen molar-refractivity contribution in [2.24, 2.45) is 0 Å². The van der Waals surface area contributed by atoms with Crippen molar-refractivity contribution in [1.82, 2.24) is 14.1 Å². The van der Waals surface area contributed by atoms with Gasteiger partial charge in [0.2, 0.25) is 21.8 Å². The van der Waals surface area contributed by atoms with E-state index >= 15 is 0 Å². The number of benzene rings is 1. The molecule has 0 saturated carbocycles. The SMILES string of the molecule is O=C1CCC(=O)N1c1ccc(S(=O)(=O)N2C3CCC2CC(n2cccn2)C3)cc1. The maximum atomic E-state index is 13.4. The second-order valence-electron chi connectivity index (χ2n) is 7.95. The topological polar surface area (TPSA) is 92.6 Å². The van der Waals surface area contributed by atoms with Crippen LogP contribution in [-0.2, 0) is 19.6 Å². The van der Waals surface area contributed by atoms with E-state index in [-0.39, 0.29) is 47.7 Å². The summed E-state index contributed by atoms with van der Waals surface area (Å²) in [5, 5.41) is 4.33. The number of carbonyl (C=O) groups is 2. The van der Waals surface area contributed by atoms with Gasteiger partial charge in [0.15, 0.2) is 0 Å². The van der Waals surface area contributed by atoms with E-state index in [9.17, 15) is 18.0 Å². The zero-order valence-electron chi connectivity index (χ0n) is 15.8. The molecule has 0 spiro atoms. The molecule has 3 saturated heterocycles. The Morgan fingerprint density at radius 2 is 1.52 bits per heavy atom. The molecule has 2 atom stereocenters. The van der Waals surface area contributed by atoms with E-state index in [1.807, 2.05) is 16.9 Å². The second kappa shape index (κ2) is 6.77. The van der Waals surface area contributed by atoms with Gasteiger partial charge in [-0.2, -0.15) is 9.40 Å². The standard InChI is InChI=1S/C20H22N4O4S/c25-19-8-9-20(26)23(19)14-4-6-18(7-5-14)29(27,28)24-15-2-3-16(24)13-17(12-15)22-11-1-10-21-22/h1,4-7,10-11,15-17H,2-3,8-9,12-13H2. The maximum absolute atomic E-state index is 13.4. The van der Waals surface area contributed by atoms with Crippen molar-refractivity contribution in [3.63, 3.8) is 0 Å². The first-order valence-corrected chi connectivity index (χ1v) is 11.4. The fourth-order valence-corrected chi connectivity index (χ4v) is 6.86. The first kappa shape index (κ1) is 18.5. The molecule has 8 nitrogen and oxygen atoms in total. The molecule has 2 unspecified atom stereocenters. The predicted octanol–water partition coefficient (Wildman–Crippen LogP) is 2.09. The Balaban J connectivity index is 1.39. The minimum Gasteiger partial charge on any atom is -0.274 e. The first-order chi connectivity index (χ1) is 13.9. The normalized spacial score (nSPS) is 27.7. The van der Waals surface area contributed by atoms with Crippen LogP contribution in [0.5, 0.6) is 0 Å². The summed E-state index contributed by atoms with van der Waals surface area (Å²) in [7, 11) is -3.64. The summed E-state index contributed by atoms with van der Waals surface area (Å²) in [6, 6.07) is 8.15. The van der Waals surface area contributed by atoms with Gasteiger partial charge in [-0.1, -0.05) is 0 Å². The largest absolute Gasteiger partial charge is 0.274 e. The summed E-state index contributed by atoms with van der Waals surface area (Å²) in [4.78, 5) is 25.2. The number of hydrogen-bond acceptors (Lipinski definition) is 5. The highest BCUT2D eigenvalue weighted by molar-refractivity contribution is 7.89. The molecular formula is C20H22N4O4S. The van der Waals surface area contributed by atoms with Crippen molar-refractivity contribution in [3.8, 4) is 0 Å². The number of aromatic nitrogens is 2. The molecule has 5 rings (SSSR count). The highest BCUT2D eigenvalue weighted by Crippen LogP contribution is 2.43. The van der Waals surface area contributed by atoms with Gasteiger partial charge in [-0.3, -0.25) is 19.2 Å². The minimum absolute atomic E-state index is 0.0330. The molecule has 3 aliphatic rings. The van der Waals surface area contributed by atoms with Crippen LogP contribution in [0.4, 0.5) is 5.69 Å². The zero-order valence-corrected chi connectivity index (χ0v) is 16.7. The predicted molar refractivity (Wildman–Crippen MR) is 105 cm³/mol. The summed E-state index contributed by atoms with van der Waals surface area (Å²) in [6.45, 7) is 0. The van der Waals surface area contributed by atoms with Gasteiger partial charge < -0.3 is 0 Å². The third-order valence-corrected chi connectivity index (χ3v) is 8.28. The molecule has 2 amide bonds. The zero-order chi connectivity index (χ0) is 20.2. The van der Waals surface area contributed by atoms with Gasteiger partial charge in [0.25, 0.3) is 0 Å². The molecule has 29 heavy (non-hydrogen) atoms. The molecular weight excluding hydrogens is 392 g/mol. The lowest BCUT2D eigenvalue weighted by Crippen LogP contribution is -2.46. The van der Waals surface area contributed by atoms with E-state index < -0.39 is 10.0 Å². The van der Waals surface area contributed by atoms with Crippen molar-refractivity contribution < 1.29 is 18.0 Å². The second-order valence-corrected chi connectivity index (χ2v) is 9.79. The van der Waals surface area contributed by atoms with Crippen LogP contribution >= 0.6 is 0 Å². The molecule has 9 heteroatoms. The molecule has 2 bridgehead atoms. The number of imide groups is 1. The van der Waals surface area contributed by atoms with Crippen LogP contribution in [0.15, 0.2) is 47.6 Å². The van der Waals surface area contributed by atoms with Gasteiger partial charge in [0.05, 0.1) is 16.6 Å². The van der Waals surface area contributed by atoms with Gasteiger partial charge in [-0.15, -0.1) is 0 Å². The molecule has 0 N–H and O–H groups in total. The quantitative estimate of drug-likeness (QED) is 0.715. The number of anilines is 1. The highest BCUT2D eigenvalue weighted by atomic mass is 32.2. The van der Waals surface area contributed by atoms with Gasteiger partial charge in [0, 0.05) is 37.3 Å². The van der Waals surface area contributed by atoms with Crippen LogP contribution in [0, 0.1) is 0 Å². The molecule has 0 radical (unpaired) electrons. The summed E-state index contributed by atoms with van der Waals surface area (Å²) in [5.74, 6) is -0.492. The summed E-state index contributed by atoms with van der Waals surface area (Å²) < 4.78 is 30.3. The van der Waals surface area contributed by atoms with Crippen LogP contribution in [0.1, 0.15) is 44.6 Å². The van der Waals surface area contributed by atoms with Gasteiger partial charge >= 0.3 is 0 Å². The average Bonchev–Trinajstić information content (AvgIpc) is 3.42. The number of carbonyl (C=O) groups excluding carboxylic acids is 2. The molecule has 0 aliphatic carbocycles. The molecule has 2 aromatic rings. The van der Waals surface area contributed by atoms with Crippen LogP contribution in [0.2, 0.25) is 0 Å². The van der Waals surface area contributed by atoms with Gasteiger partial charge in [0.1, 0.15) is 0 Å².